The van der Waals surface area contributed by atoms with Crippen LogP contribution >= 0.6 is 15.9 Å². The number of rotatable bonds is 4. The lowest BCUT2D eigenvalue weighted by Gasteiger charge is -2.33. The van der Waals surface area contributed by atoms with Gasteiger partial charge in [-0.25, -0.2) is 8.42 Å². The van der Waals surface area contributed by atoms with E-state index in [2.05, 4.69) is 15.9 Å². The van der Waals surface area contributed by atoms with Crippen LogP contribution in [-0.4, -0.2) is 61.4 Å². The van der Waals surface area contributed by atoms with E-state index in [1.807, 2.05) is 0 Å². The van der Waals surface area contributed by atoms with Crippen molar-refractivity contribution < 1.29 is 18.3 Å². The van der Waals surface area contributed by atoms with E-state index in [1.54, 1.807) is 29.2 Å². The molecule has 1 aromatic carbocycles. The van der Waals surface area contributed by atoms with Gasteiger partial charge in [0, 0.05) is 30.7 Å². The SMILES string of the molecule is O=C(O)CN1CCN(S(=O)(=O)c2ccccc2Br)CC1. The largest absolute Gasteiger partial charge is 0.480 e. The van der Waals surface area contributed by atoms with Crippen LogP contribution in [0.5, 0.6) is 0 Å². The molecule has 1 heterocycles. The highest BCUT2D eigenvalue weighted by molar-refractivity contribution is 9.10. The summed E-state index contributed by atoms with van der Waals surface area (Å²) in [6.07, 6.45) is 0. The Kier molecular flexibility index (Phi) is 4.79. The molecule has 110 valence electrons. The van der Waals surface area contributed by atoms with Gasteiger partial charge in [-0.1, -0.05) is 12.1 Å². The summed E-state index contributed by atoms with van der Waals surface area (Å²) < 4.78 is 26.9. The average Bonchev–Trinajstić information content (AvgIpc) is 2.39. The van der Waals surface area contributed by atoms with Gasteiger partial charge in [0.05, 0.1) is 11.4 Å². The van der Waals surface area contributed by atoms with Gasteiger partial charge in [-0.3, -0.25) is 9.69 Å². The molecule has 0 atom stereocenters. The van der Waals surface area contributed by atoms with Crippen LogP contribution in [0.3, 0.4) is 0 Å². The molecule has 0 spiro atoms. The predicted molar refractivity (Wildman–Crippen MR) is 77.0 cm³/mol. The lowest BCUT2D eigenvalue weighted by atomic mass is 10.3. The van der Waals surface area contributed by atoms with Crippen LogP contribution in [0.4, 0.5) is 0 Å². The molecule has 0 saturated carbocycles. The fourth-order valence-electron chi connectivity index (χ4n) is 2.11. The minimum atomic E-state index is -3.53. The molecule has 0 aromatic heterocycles. The van der Waals surface area contributed by atoms with Crippen molar-refractivity contribution in [2.24, 2.45) is 0 Å². The van der Waals surface area contributed by atoms with Gasteiger partial charge in [-0.15, -0.1) is 0 Å². The summed E-state index contributed by atoms with van der Waals surface area (Å²) in [5, 5.41) is 8.73. The summed E-state index contributed by atoms with van der Waals surface area (Å²) in [6.45, 7) is 1.41. The van der Waals surface area contributed by atoms with Crippen LogP contribution in [0.15, 0.2) is 33.6 Å². The molecule has 6 nitrogen and oxygen atoms in total. The standard InChI is InChI=1S/C12H15BrN2O4S/c13-10-3-1-2-4-11(10)20(18,19)15-7-5-14(6-8-15)9-12(16)17/h1-4H,5-9H2,(H,16,17). The third-order valence-electron chi connectivity index (χ3n) is 3.14. The topological polar surface area (TPSA) is 77.9 Å². The van der Waals surface area contributed by atoms with E-state index in [4.69, 9.17) is 5.11 Å². The first kappa shape index (κ1) is 15.4. The van der Waals surface area contributed by atoms with Crippen LogP contribution < -0.4 is 0 Å². The van der Waals surface area contributed by atoms with Crippen LogP contribution in [0.25, 0.3) is 0 Å². The van der Waals surface area contributed by atoms with E-state index >= 15 is 0 Å². The molecule has 0 radical (unpaired) electrons. The van der Waals surface area contributed by atoms with Gasteiger partial charge < -0.3 is 5.11 Å². The zero-order chi connectivity index (χ0) is 14.8. The maximum Gasteiger partial charge on any atom is 0.317 e. The van der Waals surface area contributed by atoms with Crippen molar-refractivity contribution in [3.63, 3.8) is 0 Å². The molecule has 0 aliphatic carbocycles. The maximum atomic E-state index is 12.5. The van der Waals surface area contributed by atoms with Gasteiger partial charge in [0.1, 0.15) is 0 Å². The number of halogens is 1. The summed E-state index contributed by atoms with van der Waals surface area (Å²) in [4.78, 5) is 12.6. The Labute approximate surface area is 126 Å². The number of aliphatic carboxylic acids is 1. The van der Waals surface area contributed by atoms with Gasteiger partial charge in [0.25, 0.3) is 0 Å². The first-order valence-corrected chi connectivity index (χ1v) is 8.33. The zero-order valence-corrected chi connectivity index (χ0v) is 13.1. The second-order valence-electron chi connectivity index (χ2n) is 4.50. The van der Waals surface area contributed by atoms with Gasteiger partial charge >= 0.3 is 5.97 Å². The van der Waals surface area contributed by atoms with Crippen LogP contribution in [0.1, 0.15) is 0 Å². The Morgan fingerprint density at radius 3 is 2.35 bits per heavy atom. The van der Waals surface area contributed by atoms with Gasteiger partial charge in [0.15, 0.2) is 0 Å². The summed E-state index contributed by atoms with van der Waals surface area (Å²) in [5.41, 5.74) is 0. The smallest absolute Gasteiger partial charge is 0.317 e. The molecule has 2 rings (SSSR count). The summed E-state index contributed by atoms with van der Waals surface area (Å²) in [7, 11) is -3.53. The molecule has 1 fully saturated rings. The van der Waals surface area contributed by atoms with Crippen molar-refractivity contribution in [3.8, 4) is 0 Å². The highest BCUT2D eigenvalue weighted by Crippen LogP contribution is 2.25. The molecular formula is C12H15BrN2O4S. The molecule has 20 heavy (non-hydrogen) atoms. The molecule has 1 N–H and O–H groups in total. The second-order valence-corrected chi connectivity index (χ2v) is 7.27. The molecule has 0 amide bonds. The number of benzene rings is 1. The molecule has 0 unspecified atom stereocenters. The quantitative estimate of drug-likeness (QED) is 0.858. The number of sulfonamides is 1. The molecule has 1 aromatic rings. The minimum Gasteiger partial charge on any atom is -0.480 e. The van der Waals surface area contributed by atoms with E-state index in [0.717, 1.165) is 0 Å². The van der Waals surface area contributed by atoms with Gasteiger partial charge in [0.2, 0.25) is 10.0 Å². The fraction of sp³-hybridized carbons (Fsp3) is 0.417. The minimum absolute atomic E-state index is 0.0527. The molecule has 1 aliphatic rings. The van der Waals surface area contributed by atoms with Gasteiger partial charge in [-0.05, 0) is 28.1 Å². The molecule has 1 aliphatic heterocycles. The predicted octanol–water partition coefficient (Wildman–Crippen LogP) is 0.840. The lowest BCUT2D eigenvalue weighted by Crippen LogP contribution is -2.49. The van der Waals surface area contributed by atoms with Crippen molar-refractivity contribution >= 4 is 31.9 Å². The molecular weight excluding hydrogens is 348 g/mol. The summed E-state index contributed by atoms with van der Waals surface area (Å²) in [6, 6.07) is 6.68. The van der Waals surface area contributed by atoms with Crippen molar-refractivity contribution in [2.75, 3.05) is 32.7 Å². The number of hydrogen-bond donors (Lipinski definition) is 1. The Morgan fingerprint density at radius 1 is 1.20 bits per heavy atom. The summed E-state index contributed by atoms with van der Waals surface area (Å²) in [5.74, 6) is -0.896. The highest BCUT2D eigenvalue weighted by Gasteiger charge is 2.30. The highest BCUT2D eigenvalue weighted by atomic mass is 79.9. The maximum absolute atomic E-state index is 12.5. The zero-order valence-electron chi connectivity index (χ0n) is 10.7. The van der Waals surface area contributed by atoms with E-state index < -0.39 is 16.0 Å². The third-order valence-corrected chi connectivity index (χ3v) is 6.06. The van der Waals surface area contributed by atoms with Gasteiger partial charge in [-0.2, -0.15) is 4.31 Å². The fourth-order valence-corrected chi connectivity index (χ4v) is 4.50. The molecule has 8 heteroatoms. The third kappa shape index (κ3) is 3.38. The first-order valence-electron chi connectivity index (χ1n) is 6.10. The number of nitrogens with zero attached hydrogens (tertiary/aromatic N) is 2. The second kappa shape index (κ2) is 6.21. The van der Waals surface area contributed by atoms with Crippen molar-refractivity contribution in [2.45, 2.75) is 4.90 Å². The van der Waals surface area contributed by atoms with Crippen molar-refractivity contribution in [3.05, 3.63) is 28.7 Å². The van der Waals surface area contributed by atoms with Crippen molar-refractivity contribution in [1.82, 2.24) is 9.21 Å². The Balaban J connectivity index is 2.10. The normalized spacial score (nSPS) is 18.1. The Bertz CT molecular complexity index is 597. The van der Waals surface area contributed by atoms with Crippen molar-refractivity contribution in [1.29, 1.82) is 0 Å². The Morgan fingerprint density at radius 2 is 1.80 bits per heavy atom. The number of carboxylic acid groups (broad SMARTS) is 1. The molecule has 1 saturated heterocycles. The van der Waals surface area contributed by atoms with Crippen LogP contribution in [-0.2, 0) is 14.8 Å². The van der Waals surface area contributed by atoms with Crippen LogP contribution in [0.2, 0.25) is 0 Å². The molecule has 0 bridgehead atoms. The van der Waals surface area contributed by atoms with E-state index in [9.17, 15) is 13.2 Å². The number of carbonyl (C=O) groups is 1. The number of hydrogen-bond acceptors (Lipinski definition) is 4. The Hall–Kier alpha value is -0.960. The average molecular weight is 363 g/mol. The monoisotopic (exact) mass is 362 g/mol. The van der Waals surface area contributed by atoms with E-state index in [1.165, 1.54) is 4.31 Å². The number of carboxylic acids is 1. The first-order chi connectivity index (χ1) is 9.41. The number of piperazine rings is 1. The van der Waals surface area contributed by atoms with E-state index in [-0.39, 0.29) is 11.4 Å². The summed E-state index contributed by atoms with van der Waals surface area (Å²) >= 11 is 3.25. The van der Waals surface area contributed by atoms with E-state index in [0.29, 0.717) is 30.7 Å². The lowest BCUT2D eigenvalue weighted by molar-refractivity contribution is -0.138. The van der Waals surface area contributed by atoms with Crippen LogP contribution in [0, 0.1) is 0 Å².